The topological polar surface area (TPSA) is 87.8 Å². The van der Waals surface area contributed by atoms with Gasteiger partial charge in [0, 0.05) is 11.9 Å². The van der Waals surface area contributed by atoms with E-state index in [1.165, 1.54) is 22.2 Å². The summed E-state index contributed by atoms with van der Waals surface area (Å²) in [7, 11) is -2.32. The van der Waals surface area contributed by atoms with E-state index in [0.717, 1.165) is 10.4 Å². The molecule has 6 nitrogen and oxygen atoms in total. The second kappa shape index (κ2) is 5.09. The Bertz CT molecular complexity index is 814. The third-order valence-electron chi connectivity index (χ3n) is 2.81. The molecule has 9 heteroatoms. The molecule has 0 aromatic carbocycles. The van der Waals surface area contributed by atoms with E-state index in [0.29, 0.717) is 5.56 Å². The summed E-state index contributed by atoms with van der Waals surface area (Å²) in [5, 5.41) is 9.16. The minimum absolute atomic E-state index is 0.0148. The molecule has 0 spiro atoms. The monoisotopic (exact) mass is 330 g/mol. The fourth-order valence-corrected chi connectivity index (χ4v) is 4.33. The van der Waals surface area contributed by atoms with Gasteiger partial charge >= 0.3 is 0 Å². The number of thiophene rings is 1. The van der Waals surface area contributed by atoms with Crippen molar-refractivity contribution >= 4 is 38.0 Å². The van der Waals surface area contributed by atoms with Crippen LogP contribution in [0, 0.1) is 25.2 Å². The third kappa shape index (κ3) is 2.40. The standard InChI is InChI=1S/C11H11ClN4O2S2/c1-6-7(2)19-10(8(6)4-13)15-20(17,18)11-9(12)16(3)5-14-11/h5,15H,1-3H3. The second-order valence-corrected chi connectivity index (χ2v) is 7.34. The molecule has 2 aromatic heterocycles. The maximum absolute atomic E-state index is 12.3. The zero-order valence-corrected chi connectivity index (χ0v) is 13.3. The molecule has 0 saturated heterocycles. The smallest absolute Gasteiger partial charge is 0.283 e. The molecule has 0 fully saturated rings. The molecule has 0 saturated carbocycles. The van der Waals surface area contributed by atoms with Crippen LogP contribution >= 0.6 is 22.9 Å². The van der Waals surface area contributed by atoms with Crippen LogP contribution in [0.4, 0.5) is 5.00 Å². The van der Waals surface area contributed by atoms with E-state index in [2.05, 4.69) is 9.71 Å². The van der Waals surface area contributed by atoms with Crippen molar-refractivity contribution in [3.05, 3.63) is 27.5 Å². The lowest BCUT2D eigenvalue weighted by Gasteiger charge is -2.04. The van der Waals surface area contributed by atoms with Crippen LogP contribution in [0.2, 0.25) is 5.15 Å². The van der Waals surface area contributed by atoms with Crippen LogP contribution in [0.5, 0.6) is 0 Å². The first-order valence-electron chi connectivity index (χ1n) is 5.47. The molecule has 0 unspecified atom stereocenters. The highest BCUT2D eigenvalue weighted by atomic mass is 35.5. The fraction of sp³-hybridized carbons (Fsp3) is 0.273. The molecule has 2 aromatic rings. The molecule has 2 rings (SSSR count). The lowest BCUT2D eigenvalue weighted by molar-refractivity contribution is 0.598. The predicted octanol–water partition coefficient (Wildman–Crippen LogP) is 2.42. The second-order valence-electron chi connectivity index (χ2n) is 4.16. The Morgan fingerprint density at radius 1 is 1.50 bits per heavy atom. The van der Waals surface area contributed by atoms with Crippen LogP contribution in [0.25, 0.3) is 0 Å². The normalized spacial score (nSPS) is 11.3. The van der Waals surface area contributed by atoms with Gasteiger partial charge in [-0.2, -0.15) is 13.7 Å². The highest BCUT2D eigenvalue weighted by molar-refractivity contribution is 7.93. The SMILES string of the molecule is Cc1sc(NS(=O)(=O)c2ncn(C)c2Cl)c(C#N)c1C. The lowest BCUT2D eigenvalue weighted by Crippen LogP contribution is -2.14. The van der Waals surface area contributed by atoms with E-state index in [9.17, 15) is 8.42 Å². The van der Waals surface area contributed by atoms with E-state index < -0.39 is 10.0 Å². The quantitative estimate of drug-likeness (QED) is 0.936. The molecule has 0 atom stereocenters. The van der Waals surface area contributed by atoms with Gasteiger partial charge in [-0.05, 0) is 19.4 Å². The molecule has 0 bridgehead atoms. The summed E-state index contributed by atoms with van der Waals surface area (Å²) in [4.78, 5) is 4.65. The molecule has 0 radical (unpaired) electrons. The van der Waals surface area contributed by atoms with E-state index in [-0.39, 0.29) is 15.2 Å². The Morgan fingerprint density at radius 3 is 2.65 bits per heavy atom. The summed E-state index contributed by atoms with van der Waals surface area (Å²) in [5.74, 6) is 0. The predicted molar refractivity (Wildman–Crippen MR) is 77.5 cm³/mol. The molecular formula is C11H11ClN4O2S2. The van der Waals surface area contributed by atoms with Crippen molar-refractivity contribution < 1.29 is 8.42 Å². The number of sulfonamides is 1. The van der Waals surface area contributed by atoms with Gasteiger partial charge in [-0.3, -0.25) is 4.72 Å². The van der Waals surface area contributed by atoms with Gasteiger partial charge in [0.2, 0.25) is 5.03 Å². The highest BCUT2D eigenvalue weighted by Crippen LogP contribution is 2.33. The minimum atomic E-state index is -3.91. The molecule has 0 aliphatic heterocycles. The number of anilines is 1. The summed E-state index contributed by atoms with van der Waals surface area (Å²) in [6, 6.07) is 2.00. The average molecular weight is 331 g/mol. The fourth-order valence-electron chi connectivity index (χ4n) is 1.58. The summed E-state index contributed by atoms with van der Waals surface area (Å²) < 4.78 is 28.3. The van der Waals surface area contributed by atoms with Crippen LogP contribution in [0.3, 0.4) is 0 Å². The summed E-state index contributed by atoms with van der Waals surface area (Å²) in [6.07, 6.45) is 1.31. The Morgan fingerprint density at radius 2 is 2.15 bits per heavy atom. The van der Waals surface area contributed by atoms with Crippen molar-refractivity contribution in [1.29, 1.82) is 5.26 Å². The number of hydrogen-bond acceptors (Lipinski definition) is 5. The van der Waals surface area contributed by atoms with Crippen LogP contribution in [-0.4, -0.2) is 18.0 Å². The molecule has 20 heavy (non-hydrogen) atoms. The number of nitriles is 1. The molecule has 106 valence electrons. The number of rotatable bonds is 3. The van der Waals surface area contributed by atoms with Gasteiger partial charge in [-0.15, -0.1) is 11.3 Å². The number of aryl methyl sites for hydroxylation is 2. The number of halogens is 1. The maximum atomic E-state index is 12.3. The lowest BCUT2D eigenvalue weighted by atomic mass is 10.2. The van der Waals surface area contributed by atoms with Gasteiger partial charge in [0.25, 0.3) is 10.0 Å². The molecule has 0 amide bonds. The number of nitrogens with one attached hydrogen (secondary N) is 1. The van der Waals surface area contributed by atoms with E-state index in [4.69, 9.17) is 16.9 Å². The first-order valence-corrected chi connectivity index (χ1v) is 8.15. The van der Waals surface area contributed by atoms with Gasteiger partial charge in [-0.25, -0.2) is 4.98 Å². The molecule has 2 heterocycles. The van der Waals surface area contributed by atoms with Crippen molar-refractivity contribution in [1.82, 2.24) is 9.55 Å². The van der Waals surface area contributed by atoms with Gasteiger partial charge in [0.05, 0.1) is 11.9 Å². The number of hydrogen-bond donors (Lipinski definition) is 1. The summed E-state index contributed by atoms with van der Waals surface area (Å²) in [5.41, 5.74) is 1.09. The van der Waals surface area contributed by atoms with Crippen LogP contribution in [0.1, 0.15) is 16.0 Å². The largest absolute Gasteiger partial charge is 0.324 e. The first kappa shape index (κ1) is 14.8. The molecule has 1 N–H and O–H groups in total. The van der Waals surface area contributed by atoms with E-state index in [1.54, 1.807) is 14.0 Å². The number of aromatic nitrogens is 2. The summed E-state index contributed by atoms with van der Waals surface area (Å²) in [6.45, 7) is 3.60. The van der Waals surface area contributed by atoms with Crippen LogP contribution in [-0.2, 0) is 17.1 Å². The molecular weight excluding hydrogens is 320 g/mol. The van der Waals surface area contributed by atoms with Crippen molar-refractivity contribution in [2.24, 2.45) is 7.05 Å². The zero-order valence-electron chi connectivity index (χ0n) is 10.9. The Labute approximate surface area is 125 Å². The number of imidazole rings is 1. The van der Waals surface area contributed by atoms with E-state index >= 15 is 0 Å². The maximum Gasteiger partial charge on any atom is 0.283 e. The van der Waals surface area contributed by atoms with E-state index in [1.807, 2.05) is 13.0 Å². The minimum Gasteiger partial charge on any atom is -0.324 e. The van der Waals surface area contributed by atoms with Crippen LogP contribution < -0.4 is 4.72 Å². The van der Waals surface area contributed by atoms with Crippen molar-refractivity contribution in [2.75, 3.05) is 4.72 Å². The summed E-state index contributed by atoms with van der Waals surface area (Å²) >= 11 is 7.10. The average Bonchev–Trinajstić information content (AvgIpc) is 2.82. The van der Waals surface area contributed by atoms with Crippen molar-refractivity contribution in [2.45, 2.75) is 18.9 Å². The van der Waals surface area contributed by atoms with Gasteiger partial charge in [-0.1, -0.05) is 11.6 Å². The van der Waals surface area contributed by atoms with Gasteiger partial charge in [0.1, 0.15) is 16.2 Å². The Kier molecular flexibility index (Phi) is 3.77. The Balaban J connectivity index is 2.47. The highest BCUT2D eigenvalue weighted by Gasteiger charge is 2.25. The van der Waals surface area contributed by atoms with Crippen molar-refractivity contribution in [3.8, 4) is 6.07 Å². The number of nitrogens with zero attached hydrogens (tertiary/aromatic N) is 3. The van der Waals surface area contributed by atoms with Crippen molar-refractivity contribution in [3.63, 3.8) is 0 Å². The van der Waals surface area contributed by atoms with Gasteiger partial charge in [0.15, 0.2) is 0 Å². The first-order chi connectivity index (χ1) is 9.27. The molecule has 0 aliphatic carbocycles. The zero-order chi connectivity index (χ0) is 15.1. The third-order valence-corrected chi connectivity index (χ3v) is 5.90. The Hall–Kier alpha value is -1.56. The van der Waals surface area contributed by atoms with Crippen LogP contribution in [0.15, 0.2) is 11.4 Å². The molecule has 0 aliphatic rings. The van der Waals surface area contributed by atoms with Gasteiger partial charge < -0.3 is 4.57 Å².